The molecule has 0 heterocycles. The van der Waals surface area contributed by atoms with Crippen molar-refractivity contribution in [2.75, 3.05) is 13.1 Å². The molecule has 14 heavy (non-hydrogen) atoms. The smallest absolute Gasteiger partial charge is 0.236 e. The summed E-state index contributed by atoms with van der Waals surface area (Å²) in [6.45, 7) is 7.79. The summed E-state index contributed by atoms with van der Waals surface area (Å²) in [5.74, 6) is 1.73. The molecule has 2 unspecified atom stereocenters. The van der Waals surface area contributed by atoms with Crippen LogP contribution in [0.15, 0.2) is 0 Å². The van der Waals surface area contributed by atoms with Gasteiger partial charge in [-0.2, -0.15) is 0 Å². The average molecular weight is 198 g/mol. The zero-order valence-corrected chi connectivity index (χ0v) is 9.47. The van der Waals surface area contributed by atoms with Crippen molar-refractivity contribution in [3.8, 4) is 0 Å². The van der Waals surface area contributed by atoms with E-state index in [0.29, 0.717) is 12.5 Å². The molecule has 0 spiro atoms. The van der Waals surface area contributed by atoms with Crippen LogP contribution in [0, 0.1) is 11.8 Å². The van der Waals surface area contributed by atoms with Crippen LogP contribution in [0.25, 0.3) is 0 Å². The Kier molecular flexibility index (Phi) is 4.39. The monoisotopic (exact) mass is 198 g/mol. The van der Waals surface area contributed by atoms with E-state index in [-0.39, 0.29) is 11.9 Å². The SMILES string of the molecule is CCNC(=O)C(C)NCC(C)C1CC1. The standard InChI is InChI=1S/C11H22N2O/c1-4-12-11(14)9(3)13-7-8(2)10-5-6-10/h8-10,13H,4-7H2,1-3H3,(H,12,14). The Bertz CT molecular complexity index is 190. The van der Waals surface area contributed by atoms with E-state index in [4.69, 9.17) is 0 Å². The van der Waals surface area contributed by atoms with Crippen LogP contribution in [0.1, 0.15) is 33.6 Å². The van der Waals surface area contributed by atoms with Gasteiger partial charge in [0.15, 0.2) is 0 Å². The van der Waals surface area contributed by atoms with Crippen LogP contribution in [-0.4, -0.2) is 25.0 Å². The van der Waals surface area contributed by atoms with Crippen molar-refractivity contribution < 1.29 is 4.79 Å². The highest BCUT2D eigenvalue weighted by Gasteiger charge is 2.28. The highest BCUT2D eigenvalue weighted by Crippen LogP contribution is 2.36. The minimum absolute atomic E-state index is 0.0591. The van der Waals surface area contributed by atoms with Crippen molar-refractivity contribution in [2.45, 2.75) is 39.7 Å². The fourth-order valence-corrected chi connectivity index (χ4v) is 1.61. The minimum Gasteiger partial charge on any atom is -0.355 e. The van der Waals surface area contributed by atoms with Gasteiger partial charge < -0.3 is 10.6 Å². The Hall–Kier alpha value is -0.570. The third-order valence-corrected chi connectivity index (χ3v) is 2.92. The van der Waals surface area contributed by atoms with Crippen LogP contribution in [0.3, 0.4) is 0 Å². The Labute approximate surface area is 86.6 Å². The quantitative estimate of drug-likeness (QED) is 0.672. The first kappa shape index (κ1) is 11.5. The molecule has 2 N–H and O–H groups in total. The lowest BCUT2D eigenvalue weighted by atomic mass is 10.1. The number of likely N-dealkylation sites (N-methyl/N-ethyl adjacent to an activating group) is 1. The van der Waals surface area contributed by atoms with Gasteiger partial charge in [0.05, 0.1) is 6.04 Å². The molecular formula is C11H22N2O. The predicted octanol–water partition coefficient (Wildman–Crippen LogP) is 1.15. The summed E-state index contributed by atoms with van der Waals surface area (Å²) in [4.78, 5) is 11.4. The molecule has 1 fully saturated rings. The number of nitrogens with one attached hydrogen (secondary N) is 2. The molecule has 1 aliphatic rings. The van der Waals surface area contributed by atoms with Gasteiger partial charge in [-0.05, 0) is 45.1 Å². The van der Waals surface area contributed by atoms with Crippen LogP contribution in [-0.2, 0) is 4.79 Å². The first-order valence-electron chi connectivity index (χ1n) is 5.66. The molecule has 0 aliphatic heterocycles. The highest BCUT2D eigenvalue weighted by molar-refractivity contribution is 5.81. The van der Waals surface area contributed by atoms with E-state index in [0.717, 1.165) is 12.5 Å². The fraction of sp³-hybridized carbons (Fsp3) is 0.909. The van der Waals surface area contributed by atoms with Crippen molar-refractivity contribution in [1.82, 2.24) is 10.6 Å². The summed E-state index contributed by atoms with van der Waals surface area (Å²) in [6, 6.07) is -0.0591. The van der Waals surface area contributed by atoms with Gasteiger partial charge in [0, 0.05) is 6.54 Å². The van der Waals surface area contributed by atoms with E-state index in [1.807, 2.05) is 13.8 Å². The van der Waals surface area contributed by atoms with Crippen LogP contribution in [0.4, 0.5) is 0 Å². The molecule has 0 aromatic heterocycles. The Morgan fingerprint density at radius 1 is 1.43 bits per heavy atom. The van der Waals surface area contributed by atoms with Crippen molar-refractivity contribution in [3.63, 3.8) is 0 Å². The van der Waals surface area contributed by atoms with E-state index in [1.165, 1.54) is 12.8 Å². The molecule has 0 saturated heterocycles. The van der Waals surface area contributed by atoms with E-state index < -0.39 is 0 Å². The lowest BCUT2D eigenvalue weighted by molar-refractivity contribution is -0.122. The lowest BCUT2D eigenvalue weighted by Gasteiger charge is -2.16. The molecule has 0 aromatic carbocycles. The van der Waals surface area contributed by atoms with Crippen LogP contribution < -0.4 is 10.6 Å². The summed E-state index contributed by atoms with van der Waals surface area (Å²) >= 11 is 0. The number of carbonyl (C=O) groups is 1. The lowest BCUT2D eigenvalue weighted by Crippen LogP contribution is -2.43. The third kappa shape index (κ3) is 3.66. The maximum absolute atomic E-state index is 11.4. The summed E-state index contributed by atoms with van der Waals surface area (Å²) in [5, 5.41) is 6.09. The second-order valence-electron chi connectivity index (χ2n) is 4.34. The third-order valence-electron chi connectivity index (χ3n) is 2.92. The maximum Gasteiger partial charge on any atom is 0.236 e. The second-order valence-corrected chi connectivity index (χ2v) is 4.34. The first-order chi connectivity index (χ1) is 6.65. The van der Waals surface area contributed by atoms with Gasteiger partial charge in [-0.25, -0.2) is 0 Å². The van der Waals surface area contributed by atoms with Crippen LogP contribution in [0.2, 0.25) is 0 Å². The fourth-order valence-electron chi connectivity index (χ4n) is 1.61. The first-order valence-corrected chi connectivity index (χ1v) is 5.66. The molecule has 82 valence electrons. The molecule has 0 bridgehead atoms. The summed E-state index contributed by atoms with van der Waals surface area (Å²) in [7, 11) is 0. The van der Waals surface area contributed by atoms with Gasteiger partial charge in [0.1, 0.15) is 0 Å². The van der Waals surface area contributed by atoms with Gasteiger partial charge >= 0.3 is 0 Å². The minimum atomic E-state index is -0.0591. The number of hydrogen-bond acceptors (Lipinski definition) is 2. The summed E-state index contributed by atoms with van der Waals surface area (Å²) in [6.07, 6.45) is 2.75. The normalized spacial score (nSPS) is 20.2. The van der Waals surface area contributed by atoms with Crippen LogP contribution >= 0.6 is 0 Å². The number of amides is 1. The molecule has 0 aromatic rings. The zero-order chi connectivity index (χ0) is 10.6. The molecule has 3 nitrogen and oxygen atoms in total. The van der Waals surface area contributed by atoms with Gasteiger partial charge in [0.2, 0.25) is 5.91 Å². The summed E-state index contributed by atoms with van der Waals surface area (Å²) in [5.41, 5.74) is 0. The Balaban J connectivity index is 2.12. The number of carbonyl (C=O) groups excluding carboxylic acids is 1. The van der Waals surface area contributed by atoms with E-state index >= 15 is 0 Å². The molecule has 2 atom stereocenters. The van der Waals surface area contributed by atoms with E-state index in [1.54, 1.807) is 0 Å². The largest absolute Gasteiger partial charge is 0.355 e. The van der Waals surface area contributed by atoms with Crippen molar-refractivity contribution >= 4 is 5.91 Å². The topological polar surface area (TPSA) is 41.1 Å². The Morgan fingerprint density at radius 2 is 2.07 bits per heavy atom. The number of rotatable bonds is 6. The van der Waals surface area contributed by atoms with Crippen molar-refractivity contribution in [1.29, 1.82) is 0 Å². The summed E-state index contributed by atoms with van der Waals surface area (Å²) < 4.78 is 0. The van der Waals surface area contributed by atoms with Crippen molar-refractivity contribution in [3.05, 3.63) is 0 Å². The molecule has 1 saturated carbocycles. The maximum atomic E-state index is 11.4. The molecule has 0 radical (unpaired) electrons. The van der Waals surface area contributed by atoms with Gasteiger partial charge in [-0.1, -0.05) is 6.92 Å². The van der Waals surface area contributed by atoms with Gasteiger partial charge in [0.25, 0.3) is 0 Å². The molecule has 1 aliphatic carbocycles. The van der Waals surface area contributed by atoms with E-state index in [9.17, 15) is 4.79 Å². The molecule has 1 amide bonds. The number of hydrogen-bond donors (Lipinski definition) is 2. The predicted molar refractivity (Wildman–Crippen MR) is 58.0 cm³/mol. The Morgan fingerprint density at radius 3 is 2.57 bits per heavy atom. The zero-order valence-electron chi connectivity index (χ0n) is 9.47. The molecule has 1 rings (SSSR count). The average Bonchev–Trinajstić information content (AvgIpc) is 2.97. The molecular weight excluding hydrogens is 176 g/mol. The van der Waals surface area contributed by atoms with E-state index in [2.05, 4.69) is 17.6 Å². The van der Waals surface area contributed by atoms with Gasteiger partial charge in [-0.15, -0.1) is 0 Å². The highest BCUT2D eigenvalue weighted by atomic mass is 16.2. The second kappa shape index (κ2) is 5.35. The molecule has 3 heteroatoms. The van der Waals surface area contributed by atoms with Gasteiger partial charge in [-0.3, -0.25) is 4.79 Å². The van der Waals surface area contributed by atoms with Crippen molar-refractivity contribution in [2.24, 2.45) is 11.8 Å². The van der Waals surface area contributed by atoms with Crippen LogP contribution in [0.5, 0.6) is 0 Å².